The molecule has 2 aliphatic carbocycles. The quantitative estimate of drug-likeness (QED) is 0.771. The van der Waals surface area contributed by atoms with Crippen molar-refractivity contribution >= 4 is 17.8 Å². The number of barbiturate groups is 1. The van der Waals surface area contributed by atoms with Crippen LogP contribution in [0, 0.1) is 17.3 Å². The number of urea groups is 1. The van der Waals surface area contributed by atoms with Crippen LogP contribution in [-0.4, -0.2) is 29.3 Å². The Morgan fingerprint density at radius 3 is 2.53 bits per heavy atom. The van der Waals surface area contributed by atoms with E-state index in [9.17, 15) is 14.4 Å². The molecule has 2 saturated carbocycles. The average Bonchev–Trinajstić information content (AvgIpc) is 2.68. The number of nitrogens with one attached hydrogen (secondary N) is 1. The molecule has 104 valence electrons. The number of carbonyl (C=O) groups excluding carboxylic acids is 3. The van der Waals surface area contributed by atoms with Crippen LogP contribution in [0.1, 0.15) is 45.4 Å². The summed E-state index contributed by atoms with van der Waals surface area (Å²) in [5.41, 5.74) is -0.919. The van der Waals surface area contributed by atoms with Gasteiger partial charge < -0.3 is 0 Å². The van der Waals surface area contributed by atoms with Gasteiger partial charge in [0.1, 0.15) is 5.41 Å². The lowest BCUT2D eigenvalue weighted by Gasteiger charge is -2.45. The van der Waals surface area contributed by atoms with Crippen molar-refractivity contribution in [3.63, 3.8) is 0 Å². The zero-order valence-electron chi connectivity index (χ0n) is 11.3. The van der Waals surface area contributed by atoms with Gasteiger partial charge in [-0.1, -0.05) is 19.8 Å². The third-order valence-corrected chi connectivity index (χ3v) is 5.01. The molecule has 0 aromatic carbocycles. The van der Waals surface area contributed by atoms with Crippen LogP contribution in [0.4, 0.5) is 4.79 Å². The van der Waals surface area contributed by atoms with E-state index in [-0.39, 0.29) is 11.8 Å². The Labute approximate surface area is 112 Å². The number of amides is 4. The monoisotopic (exact) mass is 264 g/mol. The largest absolute Gasteiger partial charge is 0.330 e. The van der Waals surface area contributed by atoms with Gasteiger partial charge in [-0.2, -0.15) is 0 Å². The fourth-order valence-electron chi connectivity index (χ4n) is 3.62. The van der Waals surface area contributed by atoms with E-state index in [0.717, 1.165) is 19.3 Å². The second-order valence-electron chi connectivity index (χ2n) is 6.39. The summed E-state index contributed by atoms with van der Waals surface area (Å²) in [5, 5.41) is 2.36. The highest BCUT2D eigenvalue weighted by molar-refractivity contribution is 6.19. The molecule has 2 unspecified atom stereocenters. The topological polar surface area (TPSA) is 66.5 Å². The molecular weight excluding hydrogens is 244 g/mol. The predicted molar refractivity (Wildman–Crippen MR) is 68.0 cm³/mol. The van der Waals surface area contributed by atoms with Gasteiger partial charge in [0.2, 0.25) is 11.8 Å². The van der Waals surface area contributed by atoms with Crippen molar-refractivity contribution in [2.75, 3.05) is 6.54 Å². The lowest BCUT2D eigenvalue weighted by atomic mass is 9.66. The summed E-state index contributed by atoms with van der Waals surface area (Å²) in [6.07, 6.45) is 5.36. The van der Waals surface area contributed by atoms with Crippen molar-refractivity contribution < 1.29 is 14.4 Å². The summed E-state index contributed by atoms with van der Waals surface area (Å²) in [7, 11) is 0. The summed E-state index contributed by atoms with van der Waals surface area (Å²) in [5.74, 6) is 0.430. The van der Waals surface area contributed by atoms with E-state index in [2.05, 4.69) is 12.2 Å². The third-order valence-electron chi connectivity index (χ3n) is 5.01. The van der Waals surface area contributed by atoms with Crippen molar-refractivity contribution in [2.45, 2.75) is 45.4 Å². The molecule has 0 bridgehead atoms. The Balaban J connectivity index is 1.74. The maximum absolute atomic E-state index is 12.5. The van der Waals surface area contributed by atoms with Crippen molar-refractivity contribution in [2.24, 2.45) is 17.3 Å². The maximum Gasteiger partial charge on any atom is 0.330 e. The van der Waals surface area contributed by atoms with Crippen molar-refractivity contribution in [3.8, 4) is 0 Å². The highest BCUT2D eigenvalue weighted by atomic mass is 16.2. The van der Waals surface area contributed by atoms with E-state index in [1.165, 1.54) is 11.3 Å². The molecule has 1 aliphatic heterocycles. The fraction of sp³-hybridized carbons (Fsp3) is 0.786. The molecule has 0 aromatic heterocycles. The van der Waals surface area contributed by atoms with Crippen LogP contribution in [0.15, 0.2) is 0 Å². The van der Waals surface area contributed by atoms with Crippen molar-refractivity contribution in [3.05, 3.63) is 0 Å². The minimum atomic E-state index is -0.919. The van der Waals surface area contributed by atoms with Gasteiger partial charge in [0.25, 0.3) is 0 Å². The first-order valence-electron chi connectivity index (χ1n) is 7.20. The minimum Gasteiger partial charge on any atom is -0.277 e. The zero-order valence-corrected chi connectivity index (χ0v) is 11.3. The van der Waals surface area contributed by atoms with E-state index >= 15 is 0 Å². The van der Waals surface area contributed by atoms with Gasteiger partial charge in [-0.3, -0.25) is 19.8 Å². The lowest BCUT2D eigenvalue weighted by molar-refractivity contribution is -0.158. The van der Waals surface area contributed by atoms with Crippen LogP contribution in [0.25, 0.3) is 0 Å². The molecule has 3 aliphatic rings. The number of imide groups is 2. The van der Waals surface area contributed by atoms with Gasteiger partial charge >= 0.3 is 6.03 Å². The first-order valence-corrected chi connectivity index (χ1v) is 7.20. The van der Waals surface area contributed by atoms with Gasteiger partial charge in [-0.25, -0.2) is 4.79 Å². The average molecular weight is 264 g/mol. The lowest BCUT2D eigenvalue weighted by Crippen LogP contribution is -2.66. The standard InChI is InChI=1S/C14H20N2O3/c1-9-3-4-10(7-9)8-16-12(18)14(5-2-6-14)11(17)15-13(16)19/h9-10H,2-8H2,1H3,(H,15,17,19). The first kappa shape index (κ1) is 12.6. The Hall–Kier alpha value is -1.39. The summed E-state index contributed by atoms with van der Waals surface area (Å²) >= 11 is 0. The Morgan fingerprint density at radius 2 is 2.00 bits per heavy atom. The van der Waals surface area contributed by atoms with E-state index in [4.69, 9.17) is 0 Å². The predicted octanol–water partition coefficient (Wildman–Crippen LogP) is 1.67. The summed E-state index contributed by atoms with van der Waals surface area (Å²) in [4.78, 5) is 37.5. The van der Waals surface area contributed by atoms with Crippen LogP contribution < -0.4 is 5.32 Å². The Bertz CT molecular complexity index is 442. The molecule has 0 radical (unpaired) electrons. The molecule has 4 amide bonds. The molecule has 2 atom stereocenters. The molecule has 1 N–H and O–H groups in total. The van der Waals surface area contributed by atoms with E-state index in [1.54, 1.807) is 0 Å². The van der Waals surface area contributed by atoms with Crippen LogP contribution in [0.2, 0.25) is 0 Å². The van der Waals surface area contributed by atoms with Gasteiger partial charge in [-0.15, -0.1) is 0 Å². The van der Waals surface area contributed by atoms with Crippen molar-refractivity contribution in [1.29, 1.82) is 0 Å². The Morgan fingerprint density at radius 1 is 1.26 bits per heavy atom. The van der Waals surface area contributed by atoms with Gasteiger partial charge in [0.15, 0.2) is 0 Å². The number of nitrogens with zero attached hydrogens (tertiary/aromatic N) is 1. The van der Waals surface area contributed by atoms with E-state index < -0.39 is 11.4 Å². The van der Waals surface area contributed by atoms with Gasteiger partial charge in [-0.05, 0) is 37.5 Å². The molecule has 5 nitrogen and oxygen atoms in total. The zero-order chi connectivity index (χ0) is 13.6. The normalized spacial score (nSPS) is 33.5. The van der Waals surface area contributed by atoms with Crippen LogP contribution in [0.3, 0.4) is 0 Å². The van der Waals surface area contributed by atoms with Gasteiger partial charge in [0, 0.05) is 6.54 Å². The molecule has 19 heavy (non-hydrogen) atoms. The number of carbonyl (C=O) groups is 3. The highest BCUT2D eigenvalue weighted by Gasteiger charge is 2.57. The number of hydrogen-bond donors (Lipinski definition) is 1. The highest BCUT2D eigenvalue weighted by Crippen LogP contribution is 2.45. The smallest absolute Gasteiger partial charge is 0.277 e. The molecule has 5 heteroatoms. The van der Waals surface area contributed by atoms with Crippen molar-refractivity contribution in [1.82, 2.24) is 10.2 Å². The van der Waals surface area contributed by atoms with Crippen LogP contribution >= 0.6 is 0 Å². The summed E-state index contributed by atoms with van der Waals surface area (Å²) in [6.45, 7) is 2.68. The molecule has 3 fully saturated rings. The molecular formula is C14H20N2O3. The third kappa shape index (κ3) is 1.86. The first-order chi connectivity index (χ1) is 9.03. The van der Waals surface area contributed by atoms with Gasteiger partial charge in [0.05, 0.1) is 0 Å². The minimum absolute atomic E-state index is 0.257. The molecule has 1 heterocycles. The second kappa shape index (κ2) is 4.32. The second-order valence-corrected chi connectivity index (χ2v) is 6.39. The number of rotatable bonds is 2. The van der Waals surface area contributed by atoms with E-state index in [0.29, 0.717) is 31.2 Å². The van der Waals surface area contributed by atoms with Crippen LogP contribution in [-0.2, 0) is 9.59 Å². The molecule has 1 saturated heterocycles. The fourth-order valence-corrected chi connectivity index (χ4v) is 3.62. The molecule has 3 rings (SSSR count). The SMILES string of the molecule is CC1CCC(CN2C(=O)NC(=O)C3(CCC3)C2=O)C1. The van der Waals surface area contributed by atoms with E-state index in [1.807, 2.05) is 0 Å². The molecule has 0 aromatic rings. The molecule has 1 spiro atoms. The number of hydrogen-bond acceptors (Lipinski definition) is 3. The van der Waals surface area contributed by atoms with Crippen LogP contribution in [0.5, 0.6) is 0 Å². The maximum atomic E-state index is 12.5. The summed E-state index contributed by atoms with van der Waals surface area (Å²) < 4.78 is 0. The Kier molecular flexibility index (Phi) is 2.87. The summed E-state index contributed by atoms with van der Waals surface area (Å²) in [6, 6.07) is -0.521.